The lowest BCUT2D eigenvalue weighted by Gasteiger charge is -2.31. The highest BCUT2D eigenvalue weighted by molar-refractivity contribution is 7.99. The van der Waals surface area contributed by atoms with Gasteiger partial charge in [0.2, 0.25) is 0 Å². The largest absolute Gasteiger partial charge is 0.480 e. The van der Waals surface area contributed by atoms with Crippen LogP contribution >= 0.6 is 11.8 Å². The zero-order valence-corrected chi connectivity index (χ0v) is 12.7. The van der Waals surface area contributed by atoms with Crippen molar-refractivity contribution in [3.05, 3.63) is 35.9 Å². The Hall–Kier alpha value is -1.00. The molecule has 0 fully saturated rings. The van der Waals surface area contributed by atoms with Gasteiger partial charge in [0.1, 0.15) is 0 Å². The molecule has 2 N–H and O–H groups in total. The molecule has 1 rings (SSSR count). The number of hydrogen-bond donors (Lipinski definition) is 2. The lowest BCUT2D eigenvalue weighted by Crippen LogP contribution is -2.51. The zero-order chi connectivity index (χ0) is 14.3. The normalized spacial score (nSPS) is 15.7. The van der Waals surface area contributed by atoms with Gasteiger partial charge in [-0.25, -0.2) is 4.79 Å². The highest BCUT2D eigenvalue weighted by Crippen LogP contribution is 2.29. The first-order valence-electron chi connectivity index (χ1n) is 6.72. The van der Waals surface area contributed by atoms with Crippen LogP contribution in [0.5, 0.6) is 0 Å². The van der Waals surface area contributed by atoms with Gasteiger partial charge in [-0.1, -0.05) is 51.1 Å². The number of carboxylic acid groups (broad SMARTS) is 1. The molecule has 0 aliphatic heterocycles. The summed E-state index contributed by atoms with van der Waals surface area (Å²) in [5.41, 5.74) is -0.176. The molecule has 1 aromatic rings. The number of carboxylic acids is 1. The van der Waals surface area contributed by atoms with Gasteiger partial charge in [-0.05, 0) is 18.5 Å². The first kappa shape index (κ1) is 16.1. The van der Waals surface area contributed by atoms with E-state index in [2.05, 4.69) is 19.2 Å². The van der Waals surface area contributed by atoms with Crippen LogP contribution in [-0.4, -0.2) is 28.6 Å². The monoisotopic (exact) mass is 281 g/mol. The molecular formula is C15H23NO2S. The number of nitrogens with one attached hydrogen (secondary N) is 1. The number of aliphatic carboxylic acids is 1. The second-order valence-electron chi connectivity index (χ2n) is 4.64. The number of benzene rings is 1. The Kier molecular flexibility index (Phi) is 6.38. The molecule has 2 atom stereocenters. The van der Waals surface area contributed by atoms with Crippen molar-refractivity contribution >= 4 is 17.7 Å². The van der Waals surface area contributed by atoms with Gasteiger partial charge in [0, 0.05) is 11.0 Å². The minimum Gasteiger partial charge on any atom is -0.480 e. The molecule has 0 heterocycles. The van der Waals surface area contributed by atoms with Gasteiger partial charge < -0.3 is 5.11 Å². The summed E-state index contributed by atoms with van der Waals surface area (Å²) in [7, 11) is 0. The van der Waals surface area contributed by atoms with Crippen LogP contribution < -0.4 is 5.32 Å². The fraction of sp³-hybridized carbons (Fsp3) is 0.533. The van der Waals surface area contributed by atoms with E-state index in [0.29, 0.717) is 17.5 Å². The van der Waals surface area contributed by atoms with Gasteiger partial charge in [0.05, 0.1) is 0 Å². The van der Waals surface area contributed by atoms with E-state index in [1.165, 1.54) is 0 Å². The van der Waals surface area contributed by atoms with E-state index in [1.54, 1.807) is 11.8 Å². The molecule has 2 unspecified atom stereocenters. The molecule has 0 aliphatic rings. The van der Waals surface area contributed by atoms with Crippen molar-refractivity contribution in [2.45, 2.75) is 38.0 Å². The second kappa shape index (κ2) is 7.56. The molecule has 0 aromatic heterocycles. The Morgan fingerprint density at radius 2 is 2.00 bits per heavy atom. The standard InChI is InChI=1S/C15H23NO2S/c1-4-12(3)19-11-15(14(17)18,16-5-2)13-9-7-6-8-10-13/h6-10,12,16H,4-5,11H2,1-3H3,(H,17,18). The van der Waals surface area contributed by atoms with Gasteiger partial charge >= 0.3 is 5.97 Å². The first-order valence-corrected chi connectivity index (χ1v) is 7.77. The van der Waals surface area contributed by atoms with E-state index in [1.807, 2.05) is 37.3 Å². The van der Waals surface area contributed by atoms with Crippen LogP contribution in [0.1, 0.15) is 32.8 Å². The minimum atomic E-state index is -0.996. The molecule has 0 bridgehead atoms. The van der Waals surface area contributed by atoms with Crippen molar-refractivity contribution in [3.8, 4) is 0 Å². The second-order valence-corrected chi connectivity index (χ2v) is 6.06. The summed E-state index contributed by atoms with van der Waals surface area (Å²) in [5.74, 6) is -0.272. The maximum atomic E-state index is 11.8. The van der Waals surface area contributed by atoms with Crippen LogP contribution in [-0.2, 0) is 10.3 Å². The van der Waals surface area contributed by atoms with E-state index in [0.717, 1.165) is 12.0 Å². The molecular weight excluding hydrogens is 258 g/mol. The molecule has 3 nitrogen and oxygen atoms in total. The smallest absolute Gasteiger partial charge is 0.329 e. The maximum absolute atomic E-state index is 11.8. The van der Waals surface area contributed by atoms with E-state index in [9.17, 15) is 9.90 Å². The van der Waals surface area contributed by atoms with Crippen molar-refractivity contribution < 1.29 is 9.90 Å². The summed E-state index contributed by atoms with van der Waals surface area (Å²) in [5, 5.41) is 13.3. The predicted octanol–water partition coefficient (Wildman–Crippen LogP) is 3.11. The van der Waals surface area contributed by atoms with E-state index in [4.69, 9.17) is 0 Å². The van der Waals surface area contributed by atoms with Crippen molar-refractivity contribution in [1.82, 2.24) is 5.32 Å². The van der Waals surface area contributed by atoms with Crippen LogP contribution in [0.25, 0.3) is 0 Å². The third-order valence-corrected chi connectivity index (χ3v) is 4.77. The summed E-state index contributed by atoms with van der Waals surface area (Å²) in [4.78, 5) is 11.8. The average molecular weight is 281 g/mol. The first-order chi connectivity index (χ1) is 9.06. The van der Waals surface area contributed by atoms with Gasteiger partial charge in [-0.3, -0.25) is 5.32 Å². The van der Waals surface area contributed by atoms with E-state index < -0.39 is 11.5 Å². The van der Waals surface area contributed by atoms with Crippen molar-refractivity contribution in [2.75, 3.05) is 12.3 Å². The Bertz CT molecular complexity index is 396. The molecule has 4 heteroatoms. The summed E-state index contributed by atoms with van der Waals surface area (Å²) < 4.78 is 0. The van der Waals surface area contributed by atoms with Crippen LogP contribution in [0.15, 0.2) is 30.3 Å². The van der Waals surface area contributed by atoms with Crippen molar-refractivity contribution in [2.24, 2.45) is 0 Å². The molecule has 0 saturated carbocycles. The van der Waals surface area contributed by atoms with Crippen LogP contribution in [0.4, 0.5) is 0 Å². The summed E-state index contributed by atoms with van der Waals surface area (Å²) in [6.07, 6.45) is 1.04. The van der Waals surface area contributed by atoms with Gasteiger partial charge in [-0.15, -0.1) is 0 Å². The SMILES string of the molecule is CCNC(CSC(C)CC)(C(=O)O)c1ccccc1. The molecule has 1 aromatic carbocycles. The number of thioether (sulfide) groups is 1. The summed E-state index contributed by atoms with van der Waals surface area (Å²) in [6, 6.07) is 9.45. The summed E-state index contributed by atoms with van der Waals surface area (Å²) >= 11 is 1.70. The van der Waals surface area contributed by atoms with E-state index >= 15 is 0 Å². The molecule has 0 aliphatic carbocycles. The fourth-order valence-corrected chi connectivity index (χ4v) is 3.07. The highest BCUT2D eigenvalue weighted by atomic mass is 32.2. The third-order valence-electron chi connectivity index (χ3n) is 3.27. The Morgan fingerprint density at radius 1 is 1.37 bits per heavy atom. The Labute approximate surface area is 119 Å². The number of hydrogen-bond acceptors (Lipinski definition) is 3. The summed E-state index contributed by atoms with van der Waals surface area (Å²) in [6.45, 7) is 6.82. The van der Waals surface area contributed by atoms with Gasteiger partial charge in [0.15, 0.2) is 5.54 Å². The van der Waals surface area contributed by atoms with Crippen LogP contribution in [0, 0.1) is 0 Å². The average Bonchev–Trinajstić information content (AvgIpc) is 2.43. The Balaban J connectivity index is 3.04. The quantitative estimate of drug-likeness (QED) is 0.768. The topological polar surface area (TPSA) is 49.3 Å². The lowest BCUT2D eigenvalue weighted by molar-refractivity contribution is -0.144. The zero-order valence-electron chi connectivity index (χ0n) is 11.8. The Morgan fingerprint density at radius 3 is 2.47 bits per heavy atom. The van der Waals surface area contributed by atoms with Crippen LogP contribution in [0.2, 0.25) is 0 Å². The molecule has 0 spiro atoms. The lowest BCUT2D eigenvalue weighted by atomic mass is 9.92. The maximum Gasteiger partial charge on any atom is 0.329 e. The third kappa shape index (κ3) is 3.98. The van der Waals surface area contributed by atoms with Crippen molar-refractivity contribution in [3.63, 3.8) is 0 Å². The molecule has 19 heavy (non-hydrogen) atoms. The molecule has 0 radical (unpaired) electrons. The van der Waals surface area contributed by atoms with E-state index in [-0.39, 0.29) is 0 Å². The molecule has 0 saturated heterocycles. The number of rotatable bonds is 8. The van der Waals surface area contributed by atoms with Gasteiger partial charge in [-0.2, -0.15) is 11.8 Å². The fourth-order valence-electron chi connectivity index (χ4n) is 1.91. The minimum absolute atomic E-state index is 0.459. The van der Waals surface area contributed by atoms with Crippen molar-refractivity contribution in [1.29, 1.82) is 0 Å². The number of carbonyl (C=O) groups is 1. The van der Waals surface area contributed by atoms with Crippen LogP contribution in [0.3, 0.4) is 0 Å². The predicted molar refractivity (Wildman–Crippen MR) is 81.6 cm³/mol. The number of likely N-dealkylation sites (N-methyl/N-ethyl adjacent to an activating group) is 1. The van der Waals surface area contributed by atoms with Gasteiger partial charge in [0.25, 0.3) is 0 Å². The molecule has 106 valence electrons. The molecule has 0 amide bonds. The highest BCUT2D eigenvalue weighted by Gasteiger charge is 2.39.